The molecule has 0 aliphatic carbocycles. The van der Waals surface area contributed by atoms with Gasteiger partial charge in [-0.2, -0.15) is 0 Å². The normalized spacial score (nSPS) is 11.0. The second-order valence-corrected chi connectivity index (χ2v) is 7.54. The predicted molar refractivity (Wildman–Crippen MR) is 109 cm³/mol. The molecule has 2 heterocycles. The summed E-state index contributed by atoms with van der Waals surface area (Å²) in [6.07, 6.45) is 0.348. The van der Waals surface area contributed by atoms with Gasteiger partial charge in [0.2, 0.25) is 5.91 Å². The van der Waals surface area contributed by atoms with Crippen molar-refractivity contribution < 1.29 is 4.79 Å². The van der Waals surface area contributed by atoms with Gasteiger partial charge >= 0.3 is 0 Å². The van der Waals surface area contributed by atoms with E-state index in [2.05, 4.69) is 15.3 Å². The molecule has 2 aromatic heterocycles. The molecule has 0 bridgehead atoms. The fourth-order valence-corrected chi connectivity index (χ4v) is 3.69. The summed E-state index contributed by atoms with van der Waals surface area (Å²) in [4.78, 5) is 21.4. The highest BCUT2D eigenvalue weighted by atomic mass is 32.1. The Labute approximate surface area is 161 Å². The summed E-state index contributed by atoms with van der Waals surface area (Å²) in [5.74, 6) is 0.832. The second-order valence-electron chi connectivity index (χ2n) is 6.48. The minimum absolute atomic E-state index is 0.0145. The summed E-state index contributed by atoms with van der Waals surface area (Å²) < 4.78 is 2.01. The maximum atomic E-state index is 12.3. The van der Waals surface area contributed by atoms with E-state index in [-0.39, 0.29) is 5.91 Å². The van der Waals surface area contributed by atoms with Crippen LogP contribution in [0.5, 0.6) is 0 Å². The maximum absolute atomic E-state index is 12.3. The molecule has 0 saturated heterocycles. The van der Waals surface area contributed by atoms with Crippen LogP contribution in [0, 0.1) is 6.92 Å². The molecule has 0 radical (unpaired) electrons. The SMILES string of the molecule is Cc1nc(-c2ccc(CC(=O)NCc3nc4ccccc4n3C)cc2)cs1. The number of carbonyl (C=O) groups is 1. The molecule has 1 amide bonds. The lowest BCUT2D eigenvalue weighted by molar-refractivity contribution is -0.120. The summed E-state index contributed by atoms with van der Waals surface area (Å²) in [5, 5.41) is 6.07. The number of nitrogens with one attached hydrogen (secondary N) is 1. The first-order valence-electron chi connectivity index (χ1n) is 8.78. The van der Waals surface area contributed by atoms with Crippen molar-refractivity contribution in [2.45, 2.75) is 19.9 Å². The lowest BCUT2D eigenvalue weighted by Gasteiger charge is -2.06. The molecule has 4 aromatic rings. The number of aryl methyl sites for hydroxylation is 2. The third kappa shape index (κ3) is 3.75. The number of hydrogen-bond acceptors (Lipinski definition) is 4. The first kappa shape index (κ1) is 17.4. The minimum Gasteiger partial charge on any atom is -0.349 e. The zero-order valence-electron chi connectivity index (χ0n) is 15.3. The smallest absolute Gasteiger partial charge is 0.224 e. The number of benzene rings is 2. The van der Waals surface area contributed by atoms with Gasteiger partial charge in [0, 0.05) is 18.0 Å². The Hall–Kier alpha value is -2.99. The van der Waals surface area contributed by atoms with E-state index >= 15 is 0 Å². The topological polar surface area (TPSA) is 59.8 Å². The molecule has 0 aliphatic heterocycles. The number of para-hydroxylation sites is 2. The van der Waals surface area contributed by atoms with Crippen molar-refractivity contribution in [3.8, 4) is 11.3 Å². The van der Waals surface area contributed by atoms with E-state index in [4.69, 9.17) is 0 Å². The van der Waals surface area contributed by atoms with Gasteiger partial charge in [0.25, 0.3) is 0 Å². The Bertz CT molecular complexity index is 1100. The van der Waals surface area contributed by atoms with Crippen molar-refractivity contribution in [3.63, 3.8) is 0 Å². The first-order valence-corrected chi connectivity index (χ1v) is 9.66. The molecule has 0 spiro atoms. The van der Waals surface area contributed by atoms with E-state index < -0.39 is 0 Å². The Morgan fingerprint density at radius 3 is 2.59 bits per heavy atom. The van der Waals surface area contributed by atoms with E-state index in [1.165, 1.54) is 0 Å². The Kier molecular flexibility index (Phi) is 4.73. The molecule has 0 fully saturated rings. The Balaban J connectivity index is 1.38. The molecule has 1 N–H and O–H groups in total. The van der Waals surface area contributed by atoms with Crippen LogP contribution in [0.4, 0.5) is 0 Å². The van der Waals surface area contributed by atoms with Crippen molar-refractivity contribution in [2.24, 2.45) is 7.05 Å². The quantitative estimate of drug-likeness (QED) is 0.575. The molecule has 0 saturated carbocycles. The number of fused-ring (bicyclic) bond motifs is 1. The standard InChI is InChI=1S/C21H20N4OS/c1-14-23-18(13-27-14)16-9-7-15(8-10-16)11-21(26)22-12-20-24-17-5-3-4-6-19(17)25(20)2/h3-10,13H,11-12H2,1-2H3,(H,22,26). The van der Waals surface area contributed by atoms with Crippen LogP contribution >= 0.6 is 11.3 Å². The molecule has 4 rings (SSSR count). The van der Waals surface area contributed by atoms with Gasteiger partial charge in [-0.05, 0) is 24.6 Å². The van der Waals surface area contributed by atoms with Gasteiger partial charge in [0.1, 0.15) is 5.82 Å². The first-order chi connectivity index (χ1) is 13.1. The van der Waals surface area contributed by atoms with Crippen LogP contribution in [0.25, 0.3) is 22.3 Å². The van der Waals surface area contributed by atoms with Crippen LogP contribution in [0.15, 0.2) is 53.9 Å². The van der Waals surface area contributed by atoms with Crippen LogP contribution in [-0.2, 0) is 24.8 Å². The van der Waals surface area contributed by atoms with Crippen LogP contribution in [0.1, 0.15) is 16.4 Å². The maximum Gasteiger partial charge on any atom is 0.224 e. The lowest BCUT2D eigenvalue weighted by Crippen LogP contribution is -2.25. The summed E-state index contributed by atoms with van der Waals surface area (Å²) in [7, 11) is 1.97. The third-order valence-electron chi connectivity index (χ3n) is 4.56. The van der Waals surface area contributed by atoms with Gasteiger partial charge in [-0.25, -0.2) is 9.97 Å². The fourth-order valence-electron chi connectivity index (χ4n) is 3.07. The second kappa shape index (κ2) is 7.32. The number of hydrogen-bond donors (Lipinski definition) is 1. The van der Waals surface area contributed by atoms with Crippen LogP contribution in [0.2, 0.25) is 0 Å². The van der Waals surface area contributed by atoms with E-state index in [1.807, 2.05) is 72.4 Å². The van der Waals surface area contributed by atoms with Gasteiger partial charge in [0.15, 0.2) is 0 Å². The molecule has 5 nitrogen and oxygen atoms in total. The van der Waals surface area contributed by atoms with Gasteiger partial charge in [-0.1, -0.05) is 36.4 Å². The highest BCUT2D eigenvalue weighted by molar-refractivity contribution is 7.09. The number of imidazole rings is 1. The number of amides is 1. The molecule has 6 heteroatoms. The van der Waals surface area contributed by atoms with Crippen molar-refractivity contribution in [1.29, 1.82) is 0 Å². The van der Waals surface area contributed by atoms with Crippen LogP contribution in [0.3, 0.4) is 0 Å². The van der Waals surface area contributed by atoms with Gasteiger partial charge in [-0.15, -0.1) is 11.3 Å². The molecule has 136 valence electrons. The molecule has 27 heavy (non-hydrogen) atoms. The van der Waals surface area contributed by atoms with Crippen molar-refractivity contribution in [2.75, 3.05) is 0 Å². The monoisotopic (exact) mass is 376 g/mol. The average Bonchev–Trinajstić information content (AvgIpc) is 3.25. The largest absolute Gasteiger partial charge is 0.349 e. The van der Waals surface area contributed by atoms with Crippen molar-refractivity contribution in [1.82, 2.24) is 19.9 Å². The van der Waals surface area contributed by atoms with Gasteiger partial charge in [0.05, 0.1) is 34.7 Å². The molecular formula is C21H20N4OS. The minimum atomic E-state index is -0.0145. The fraction of sp³-hybridized carbons (Fsp3) is 0.190. The molecular weight excluding hydrogens is 356 g/mol. The zero-order chi connectivity index (χ0) is 18.8. The average molecular weight is 376 g/mol. The van der Waals surface area contributed by atoms with Gasteiger partial charge in [-0.3, -0.25) is 4.79 Å². The summed E-state index contributed by atoms with van der Waals surface area (Å²) in [6.45, 7) is 2.41. The number of thiazole rings is 1. The summed E-state index contributed by atoms with van der Waals surface area (Å²) in [6, 6.07) is 16.0. The Morgan fingerprint density at radius 1 is 1.11 bits per heavy atom. The van der Waals surface area contributed by atoms with Gasteiger partial charge < -0.3 is 9.88 Å². The molecule has 0 atom stereocenters. The van der Waals surface area contributed by atoms with E-state index in [9.17, 15) is 4.79 Å². The zero-order valence-corrected chi connectivity index (χ0v) is 16.1. The third-order valence-corrected chi connectivity index (χ3v) is 5.33. The van der Waals surface area contributed by atoms with E-state index in [0.29, 0.717) is 13.0 Å². The molecule has 2 aromatic carbocycles. The van der Waals surface area contributed by atoms with E-state index in [1.54, 1.807) is 11.3 Å². The Morgan fingerprint density at radius 2 is 1.89 bits per heavy atom. The van der Waals surface area contributed by atoms with E-state index in [0.717, 1.165) is 38.7 Å². The lowest BCUT2D eigenvalue weighted by atomic mass is 10.1. The summed E-state index contributed by atoms with van der Waals surface area (Å²) >= 11 is 1.64. The number of aromatic nitrogens is 3. The van der Waals surface area contributed by atoms with Crippen LogP contribution in [-0.4, -0.2) is 20.4 Å². The highest BCUT2D eigenvalue weighted by Gasteiger charge is 2.10. The van der Waals surface area contributed by atoms with Crippen molar-refractivity contribution in [3.05, 3.63) is 70.3 Å². The highest BCUT2D eigenvalue weighted by Crippen LogP contribution is 2.22. The molecule has 0 aliphatic rings. The number of rotatable bonds is 5. The number of carbonyl (C=O) groups excluding carboxylic acids is 1. The van der Waals surface area contributed by atoms with Crippen molar-refractivity contribution >= 4 is 28.3 Å². The number of nitrogens with zero attached hydrogens (tertiary/aromatic N) is 3. The molecule has 0 unspecified atom stereocenters. The predicted octanol–water partition coefficient (Wildman–Crippen LogP) is 3.86. The van der Waals surface area contributed by atoms with Crippen LogP contribution < -0.4 is 5.32 Å². The summed E-state index contributed by atoms with van der Waals surface area (Å²) in [5.41, 5.74) is 5.04.